The van der Waals surface area contributed by atoms with Crippen molar-refractivity contribution in [3.8, 4) is 5.75 Å². The number of hydrogen-bond donors (Lipinski definition) is 2. The van der Waals surface area contributed by atoms with Crippen LogP contribution in [0.25, 0.3) is 0 Å². The first-order chi connectivity index (χ1) is 8.72. The number of rotatable bonds is 7. The molecule has 0 aliphatic heterocycles. The maximum Gasteiger partial charge on any atom is 0.254 e. The molecule has 19 heavy (non-hydrogen) atoms. The van der Waals surface area contributed by atoms with Crippen molar-refractivity contribution in [1.82, 2.24) is 0 Å². The van der Waals surface area contributed by atoms with Gasteiger partial charge in [0.2, 0.25) is 0 Å². The van der Waals surface area contributed by atoms with E-state index in [1.807, 2.05) is 25.1 Å². The van der Waals surface area contributed by atoms with Crippen LogP contribution in [0, 0.1) is 0 Å². The summed E-state index contributed by atoms with van der Waals surface area (Å²) in [6, 6.07) is 7.29. The number of nitrogens with two attached hydrogens (primary N) is 1. The van der Waals surface area contributed by atoms with Gasteiger partial charge in [-0.15, -0.1) is 12.4 Å². The molecule has 1 aromatic rings. The van der Waals surface area contributed by atoms with Gasteiger partial charge in [0.15, 0.2) is 0 Å². The van der Waals surface area contributed by atoms with Crippen molar-refractivity contribution < 1.29 is 14.3 Å². The molecule has 0 aromatic heterocycles. The molecule has 0 radical (unpaired) electrons. The summed E-state index contributed by atoms with van der Waals surface area (Å²) in [4.78, 5) is 11.8. The van der Waals surface area contributed by atoms with Crippen LogP contribution in [0.2, 0.25) is 0 Å². The Kier molecular flexibility index (Phi) is 8.95. The third kappa shape index (κ3) is 5.46. The molecule has 0 saturated heterocycles. The van der Waals surface area contributed by atoms with Gasteiger partial charge in [-0.3, -0.25) is 4.79 Å². The lowest BCUT2D eigenvalue weighted by Crippen LogP contribution is -2.36. The largest absolute Gasteiger partial charge is 0.491 e. The summed E-state index contributed by atoms with van der Waals surface area (Å²) in [5, 5.41) is 2.75. The van der Waals surface area contributed by atoms with Crippen LogP contribution in [0.15, 0.2) is 24.3 Å². The van der Waals surface area contributed by atoms with Crippen LogP contribution in [0.3, 0.4) is 0 Å². The molecule has 108 valence electrons. The van der Waals surface area contributed by atoms with Gasteiger partial charge in [-0.25, -0.2) is 0 Å². The van der Waals surface area contributed by atoms with Gasteiger partial charge in [-0.1, -0.05) is 19.1 Å². The highest BCUT2D eigenvalue weighted by molar-refractivity contribution is 5.95. The molecule has 0 saturated carbocycles. The molecule has 0 spiro atoms. The Hall–Kier alpha value is -1.30. The molecule has 0 aliphatic carbocycles. The predicted molar refractivity (Wildman–Crippen MR) is 78.0 cm³/mol. The van der Waals surface area contributed by atoms with Gasteiger partial charge in [-0.05, 0) is 18.6 Å². The van der Waals surface area contributed by atoms with Crippen LogP contribution in [-0.2, 0) is 9.53 Å². The maximum absolute atomic E-state index is 11.8. The molecule has 1 aromatic carbocycles. The van der Waals surface area contributed by atoms with Crippen LogP contribution >= 0.6 is 12.4 Å². The second kappa shape index (κ2) is 9.61. The van der Waals surface area contributed by atoms with Crippen molar-refractivity contribution >= 4 is 24.0 Å². The molecule has 6 heteroatoms. The average Bonchev–Trinajstić information content (AvgIpc) is 2.39. The number of anilines is 1. The lowest BCUT2D eigenvalue weighted by Gasteiger charge is -2.15. The van der Waals surface area contributed by atoms with Gasteiger partial charge in [0.05, 0.1) is 12.3 Å². The Morgan fingerprint density at radius 1 is 1.42 bits per heavy atom. The first-order valence-corrected chi connectivity index (χ1v) is 5.98. The summed E-state index contributed by atoms with van der Waals surface area (Å²) in [5.74, 6) is 0.382. The van der Waals surface area contributed by atoms with E-state index in [1.54, 1.807) is 6.07 Å². The van der Waals surface area contributed by atoms with E-state index in [9.17, 15) is 4.79 Å². The number of benzene rings is 1. The Morgan fingerprint density at radius 3 is 2.68 bits per heavy atom. The molecule has 1 atom stereocenters. The Bertz CT molecular complexity index is 384. The van der Waals surface area contributed by atoms with E-state index in [4.69, 9.17) is 15.2 Å². The average molecular weight is 289 g/mol. The van der Waals surface area contributed by atoms with Crippen LogP contribution in [-0.4, -0.2) is 32.3 Å². The third-order valence-electron chi connectivity index (χ3n) is 2.40. The van der Waals surface area contributed by atoms with Gasteiger partial charge in [0.1, 0.15) is 11.9 Å². The Balaban J connectivity index is 0.00000324. The fourth-order valence-electron chi connectivity index (χ4n) is 1.43. The van der Waals surface area contributed by atoms with E-state index in [1.165, 1.54) is 7.11 Å². The summed E-state index contributed by atoms with van der Waals surface area (Å²) in [5.41, 5.74) is 6.07. The molecule has 1 rings (SSSR count). The van der Waals surface area contributed by atoms with Crippen LogP contribution in [0.1, 0.15) is 13.3 Å². The smallest absolute Gasteiger partial charge is 0.254 e. The molecule has 0 fully saturated rings. The topological polar surface area (TPSA) is 73.6 Å². The number of ether oxygens (including phenoxy) is 2. The Morgan fingerprint density at radius 2 is 2.11 bits per heavy atom. The van der Waals surface area contributed by atoms with E-state index in [0.717, 1.165) is 6.42 Å². The molecular weight excluding hydrogens is 268 g/mol. The molecule has 0 bridgehead atoms. The number of nitrogens with one attached hydrogen (secondary N) is 1. The van der Waals surface area contributed by atoms with E-state index >= 15 is 0 Å². The first kappa shape index (κ1) is 17.7. The van der Waals surface area contributed by atoms with Gasteiger partial charge in [-0.2, -0.15) is 0 Å². The van der Waals surface area contributed by atoms with E-state index in [2.05, 4.69) is 5.32 Å². The predicted octanol–water partition coefficient (Wildman–Crippen LogP) is 1.81. The van der Waals surface area contributed by atoms with Crippen molar-refractivity contribution in [3.05, 3.63) is 24.3 Å². The molecule has 1 unspecified atom stereocenters. The number of carbonyl (C=O) groups excluding carboxylic acids is 1. The minimum Gasteiger partial charge on any atom is -0.491 e. The highest BCUT2D eigenvalue weighted by Gasteiger charge is 2.17. The first-order valence-electron chi connectivity index (χ1n) is 5.98. The minimum atomic E-state index is -0.649. The number of amides is 1. The molecule has 0 heterocycles. The number of para-hydroxylation sites is 2. The van der Waals surface area contributed by atoms with E-state index < -0.39 is 6.10 Å². The highest BCUT2D eigenvalue weighted by Crippen LogP contribution is 2.24. The van der Waals surface area contributed by atoms with Crippen LogP contribution in [0.4, 0.5) is 5.69 Å². The van der Waals surface area contributed by atoms with E-state index in [0.29, 0.717) is 18.0 Å². The Labute approximate surface area is 119 Å². The highest BCUT2D eigenvalue weighted by atomic mass is 35.5. The van der Waals surface area contributed by atoms with Crippen molar-refractivity contribution in [2.45, 2.75) is 19.4 Å². The van der Waals surface area contributed by atoms with Crippen molar-refractivity contribution in [2.24, 2.45) is 5.73 Å². The fourth-order valence-corrected chi connectivity index (χ4v) is 1.43. The third-order valence-corrected chi connectivity index (χ3v) is 2.40. The van der Waals surface area contributed by atoms with Gasteiger partial charge in [0.25, 0.3) is 5.91 Å². The van der Waals surface area contributed by atoms with Crippen molar-refractivity contribution in [2.75, 3.05) is 25.6 Å². The van der Waals surface area contributed by atoms with Gasteiger partial charge in [0, 0.05) is 13.7 Å². The second-order valence-corrected chi connectivity index (χ2v) is 3.79. The number of halogens is 1. The van der Waals surface area contributed by atoms with Crippen molar-refractivity contribution in [1.29, 1.82) is 0 Å². The van der Waals surface area contributed by atoms with Gasteiger partial charge >= 0.3 is 0 Å². The van der Waals surface area contributed by atoms with Crippen LogP contribution in [0.5, 0.6) is 5.75 Å². The fraction of sp³-hybridized carbons (Fsp3) is 0.462. The summed E-state index contributed by atoms with van der Waals surface area (Å²) < 4.78 is 10.5. The van der Waals surface area contributed by atoms with Crippen molar-refractivity contribution in [3.63, 3.8) is 0 Å². The standard InChI is InChI=1S/C13H20N2O3.ClH/c1-3-8-18-11-7-5-4-6-10(11)15-13(16)12(9-14)17-2;/h4-7,12H,3,8-9,14H2,1-2H3,(H,15,16);1H. The lowest BCUT2D eigenvalue weighted by molar-refractivity contribution is -0.125. The summed E-state index contributed by atoms with van der Waals surface area (Å²) in [6.45, 7) is 2.77. The zero-order chi connectivity index (χ0) is 13.4. The lowest BCUT2D eigenvalue weighted by atomic mass is 10.2. The molecule has 5 nitrogen and oxygen atoms in total. The number of carbonyl (C=O) groups is 1. The molecule has 1 amide bonds. The van der Waals surface area contributed by atoms with E-state index in [-0.39, 0.29) is 24.9 Å². The number of hydrogen-bond acceptors (Lipinski definition) is 4. The summed E-state index contributed by atoms with van der Waals surface area (Å²) in [6.07, 6.45) is 0.260. The number of methoxy groups -OCH3 is 1. The molecular formula is C13H21ClN2O3. The summed E-state index contributed by atoms with van der Waals surface area (Å²) >= 11 is 0. The normalized spacial score (nSPS) is 11.3. The quantitative estimate of drug-likeness (QED) is 0.802. The summed E-state index contributed by atoms with van der Waals surface area (Å²) in [7, 11) is 1.45. The monoisotopic (exact) mass is 288 g/mol. The molecule has 0 aliphatic rings. The van der Waals surface area contributed by atoms with Crippen LogP contribution < -0.4 is 15.8 Å². The van der Waals surface area contributed by atoms with Gasteiger partial charge < -0.3 is 20.5 Å². The SMILES string of the molecule is CCCOc1ccccc1NC(=O)C(CN)OC.Cl. The minimum absolute atomic E-state index is 0. The zero-order valence-corrected chi connectivity index (χ0v) is 12.0. The second-order valence-electron chi connectivity index (χ2n) is 3.79. The molecule has 3 N–H and O–H groups in total. The maximum atomic E-state index is 11.8. The zero-order valence-electron chi connectivity index (χ0n) is 11.2.